The van der Waals surface area contributed by atoms with E-state index < -0.39 is 27.8 Å². The number of benzene rings is 2. The van der Waals surface area contributed by atoms with Crippen LogP contribution in [0, 0.1) is 11.7 Å². The second-order valence-electron chi connectivity index (χ2n) is 6.55. The summed E-state index contributed by atoms with van der Waals surface area (Å²) in [4.78, 5) is 24.7. The van der Waals surface area contributed by atoms with Gasteiger partial charge in [-0.1, -0.05) is 36.7 Å². The maximum atomic E-state index is 13.6. The highest BCUT2D eigenvalue weighted by Crippen LogP contribution is 2.34. The molecule has 2 aromatic carbocycles. The van der Waals surface area contributed by atoms with Gasteiger partial charge in [0.2, 0.25) is 15.9 Å². The zero-order chi connectivity index (χ0) is 20.5. The molecule has 0 spiro atoms. The zero-order valence-electron chi connectivity index (χ0n) is 15.0. The molecular weight excluding hydrogens is 407 g/mol. The first kappa shape index (κ1) is 20.3. The molecule has 6 nitrogen and oxygen atoms in total. The van der Waals surface area contributed by atoms with Crippen LogP contribution < -0.4 is 9.62 Å². The number of sulfonamides is 1. The summed E-state index contributed by atoms with van der Waals surface area (Å²) >= 11 is 6.09. The average Bonchev–Trinajstić information content (AvgIpc) is 2.84. The number of hydrogen-bond acceptors (Lipinski definition) is 4. The largest absolute Gasteiger partial charge is 0.352 e. The third-order valence-electron chi connectivity index (χ3n) is 4.43. The molecule has 1 fully saturated rings. The number of nitrogens with one attached hydrogen (secondary N) is 1. The Morgan fingerprint density at radius 3 is 2.64 bits per heavy atom. The summed E-state index contributed by atoms with van der Waals surface area (Å²) in [5.74, 6) is -2.40. The third kappa shape index (κ3) is 4.02. The molecule has 3 rings (SSSR count). The molecular formula is C19H18ClFN2O4S. The maximum Gasteiger partial charge on any atom is 0.251 e. The van der Waals surface area contributed by atoms with Crippen molar-refractivity contribution in [3.05, 3.63) is 64.4 Å². The fourth-order valence-corrected chi connectivity index (χ4v) is 5.07. The summed E-state index contributed by atoms with van der Waals surface area (Å²) < 4.78 is 38.9. The maximum absolute atomic E-state index is 13.6. The minimum Gasteiger partial charge on any atom is -0.352 e. The quantitative estimate of drug-likeness (QED) is 0.800. The molecule has 1 unspecified atom stereocenters. The molecule has 0 bridgehead atoms. The second kappa shape index (κ2) is 7.89. The van der Waals surface area contributed by atoms with Gasteiger partial charge in [-0.2, -0.15) is 0 Å². The van der Waals surface area contributed by atoms with Crippen LogP contribution in [-0.4, -0.2) is 32.5 Å². The van der Waals surface area contributed by atoms with E-state index in [4.69, 9.17) is 11.6 Å². The molecule has 1 aliphatic rings. The smallest absolute Gasteiger partial charge is 0.251 e. The van der Waals surface area contributed by atoms with Crippen LogP contribution in [0.15, 0.2) is 42.5 Å². The van der Waals surface area contributed by atoms with Crippen molar-refractivity contribution < 1.29 is 22.4 Å². The summed E-state index contributed by atoms with van der Waals surface area (Å²) in [6, 6.07) is 10.3. The molecule has 0 aromatic heterocycles. The van der Waals surface area contributed by atoms with E-state index in [0.717, 1.165) is 0 Å². The van der Waals surface area contributed by atoms with Crippen molar-refractivity contribution in [3.63, 3.8) is 0 Å². The van der Waals surface area contributed by atoms with E-state index in [-0.39, 0.29) is 34.4 Å². The topological polar surface area (TPSA) is 83.6 Å². The number of rotatable bonds is 5. The number of nitrogens with zero attached hydrogens (tertiary/aromatic N) is 1. The van der Waals surface area contributed by atoms with Crippen molar-refractivity contribution in [3.8, 4) is 0 Å². The lowest BCUT2D eigenvalue weighted by Crippen LogP contribution is -2.31. The standard InChI is InChI=1S/C19H18ClFN2O4S/c1-12-11-28(26,27)23(19(12)25)17-10-14(6-7-15(17)20)18(24)22-9-8-13-4-2-3-5-16(13)21/h2-7,10,12H,8-9,11H2,1H3,(H,22,24). The molecule has 1 aliphatic heterocycles. The van der Waals surface area contributed by atoms with Gasteiger partial charge in [0.15, 0.2) is 0 Å². The second-order valence-corrected chi connectivity index (χ2v) is 8.82. The van der Waals surface area contributed by atoms with Crippen LogP contribution in [0.5, 0.6) is 0 Å². The van der Waals surface area contributed by atoms with Crippen molar-refractivity contribution >= 4 is 39.1 Å². The lowest BCUT2D eigenvalue weighted by atomic mass is 10.1. The lowest BCUT2D eigenvalue weighted by Gasteiger charge is -2.17. The van der Waals surface area contributed by atoms with E-state index in [1.807, 2.05) is 0 Å². The number of anilines is 1. The first-order valence-electron chi connectivity index (χ1n) is 8.58. The first-order valence-corrected chi connectivity index (χ1v) is 10.6. The SMILES string of the molecule is CC1CS(=O)(=O)N(c2cc(C(=O)NCCc3ccccc3F)ccc2Cl)C1=O. The van der Waals surface area contributed by atoms with Gasteiger partial charge in [0.1, 0.15) is 5.82 Å². The minimum atomic E-state index is -3.84. The molecule has 9 heteroatoms. The van der Waals surface area contributed by atoms with Crippen molar-refractivity contribution in [2.45, 2.75) is 13.3 Å². The fourth-order valence-electron chi connectivity index (χ4n) is 2.99. The highest BCUT2D eigenvalue weighted by Gasteiger charge is 2.43. The number of halogens is 2. The predicted octanol–water partition coefficient (Wildman–Crippen LogP) is 2.76. The van der Waals surface area contributed by atoms with Crippen LogP contribution in [0.1, 0.15) is 22.8 Å². The van der Waals surface area contributed by atoms with Crippen LogP contribution >= 0.6 is 11.6 Å². The zero-order valence-corrected chi connectivity index (χ0v) is 16.6. The van der Waals surface area contributed by atoms with E-state index in [1.165, 1.54) is 31.2 Å². The van der Waals surface area contributed by atoms with Gasteiger partial charge in [-0.25, -0.2) is 17.1 Å². The van der Waals surface area contributed by atoms with E-state index in [9.17, 15) is 22.4 Å². The van der Waals surface area contributed by atoms with Crippen LogP contribution in [0.25, 0.3) is 0 Å². The van der Waals surface area contributed by atoms with Gasteiger partial charge >= 0.3 is 0 Å². The van der Waals surface area contributed by atoms with E-state index >= 15 is 0 Å². The van der Waals surface area contributed by atoms with Gasteiger partial charge in [-0.3, -0.25) is 9.59 Å². The number of carbonyl (C=O) groups is 2. The Kier molecular flexibility index (Phi) is 5.71. The van der Waals surface area contributed by atoms with E-state index in [1.54, 1.807) is 18.2 Å². The Balaban J connectivity index is 1.77. The molecule has 2 aromatic rings. The predicted molar refractivity (Wildman–Crippen MR) is 104 cm³/mol. The van der Waals surface area contributed by atoms with Crippen molar-refractivity contribution in [1.82, 2.24) is 5.32 Å². The Morgan fingerprint density at radius 2 is 2.00 bits per heavy atom. The molecule has 1 heterocycles. The van der Waals surface area contributed by atoms with Gasteiger partial charge in [-0.15, -0.1) is 0 Å². The molecule has 148 valence electrons. The van der Waals surface area contributed by atoms with E-state index in [0.29, 0.717) is 16.3 Å². The van der Waals surface area contributed by atoms with Crippen LogP contribution in [0.4, 0.5) is 10.1 Å². The number of carbonyl (C=O) groups excluding carboxylic acids is 2. The molecule has 0 aliphatic carbocycles. The molecule has 0 saturated carbocycles. The van der Waals surface area contributed by atoms with Crippen LogP contribution in [0.2, 0.25) is 5.02 Å². The van der Waals surface area contributed by atoms with Gasteiger partial charge in [0.05, 0.1) is 22.4 Å². The summed E-state index contributed by atoms with van der Waals surface area (Å²) in [7, 11) is -3.84. The first-order chi connectivity index (χ1) is 13.2. The molecule has 1 N–H and O–H groups in total. The monoisotopic (exact) mass is 424 g/mol. The molecule has 1 saturated heterocycles. The average molecular weight is 425 g/mol. The van der Waals surface area contributed by atoms with Gasteiger partial charge in [0.25, 0.3) is 5.91 Å². The van der Waals surface area contributed by atoms with Crippen molar-refractivity contribution in [2.24, 2.45) is 5.92 Å². The summed E-state index contributed by atoms with van der Waals surface area (Å²) in [5.41, 5.74) is 0.579. The minimum absolute atomic E-state index is 0.0437. The number of hydrogen-bond donors (Lipinski definition) is 1. The Bertz CT molecular complexity index is 1040. The highest BCUT2D eigenvalue weighted by atomic mass is 35.5. The Labute approximate surface area is 167 Å². The molecule has 28 heavy (non-hydrogen) atoms. The van der Waals surface area contributed by atoms with Gasteiger partial charge < -0.3 is 5.32 Å². The fraction of sp³-hybridized carbons (Fsp3) is 0.263. The van der Waals surface area contributed by atoms with Crippen LogP contribution in [-0.2, 0) is 21.2 Å². The summed E-state index contributed by atoms with van der Waals surface area (Å²) in [6.07, 6.45) is 0.301. The summed E-state index contributed by atoms with van der Waals surface area (Å²) in [6.45, 7) is 1.71. The molecule has 0 radical (unpaired) electrons. The lowest BCUT2D eigenvalue weighted by molar-refractivity contribution is -0.119. The van der Waals surface area contributed by atoms with Crippen molar-refractivity contribution in [2.75, 3.05) is 16.6 Å². The number of amides is 2. The Hall–Kier alpha value is -2.45. The van der Waals surface area contributed by atoms with Gasteiger partial charge in [0, 0.05) is 12.1 Å². The van der Waals surface area contributed by atoms with Crippen molar-refractivity contribution in [1.29, 1.82) is 0 Å². The highest BCUT2D eigenvalue weighted by molar-refractivity contribution is 7.94. The van der Waals surface area contributed by atoms with Crippen LogP contribution in [0.3, 0.4) is 0 Å². The summed E-state index contributed by atoms with van der Waals surface area (Å²) in [5, 5.41) is 2.70. The van der Waals surface area contributed by atoms with Gasteiger partial charge in [-0.05, 0) is 36.2 Å². The molecule has 1 atom stereocenters. The van der Waals surface area contributed by atoms with E-state index in [2.05, 4.69) is 5.32 Å². The molecule has 2 amide bonds. The third-order valence-corrected chi connectivity index (χ3v) is 6.60. The normalized spacial score (nSPS) is 18.3. The Morgan fingerprint density at radius 1 is 1.29 bits per heavy atom.